The molecule has 0 saturated carbocycles. The van der Waals surface area contributed by atoms with E-state index in [1.165, 1.54) is 11.3 Å². The largest absolute Gasteiger partial charge is 0.497 e. The first-order valence-corrected chi connectivity index (χ1v) is 10.7. The summed E-state index contributed by atoms with van der Waals surface area (Å²) in [6, 6.07) is 9.57. The average molecular weight is 420 g/mol. The van der Waals surface area contributed by atoms with E-state index in [9.17, 15) is 4.79 Å². The SMILES string of the molecule is COc1ccc2c(c1)CCCN2C(=O)c1sc2nc(-c3ccco3)nc(C)c2c1C. The second-order valence-electron chi connectivity index (χ2n) is 7.40. The number of fused-ring (bicyclic) bond motifs is 2. The number of nitrogens with zero attached hydrogens (tertiary/aromatic N) is 3. The van der Waals surface area contributed by atoms with E-state index in [1.54, 1.807) is 13.4 Å². The minimum absolute atomic E-state index is 0.0144. The van der Waals surface area contributed by atoms with Crippen LogP contribution in [0.2, 0.25) is 0 Å². The Hall–Kier alpha value is -3.19. The molecule has 1 amide bonds. The van der Waals surface area contributed by atoms with Gasteiger partial charge in [-0.3, -0.25) is 4.79 Å². The predicted octanol–water partition coefficient (Wildman–Crippen LogP) is 5.17. The second-order valence-corrected chi connectivity index (χ2v) is 8.40. The number of hydrogen-bond acceptors (Lipinski definition) is 6. The van der Waals surface area contributed by atoms with Crippen LogP contribution >= 0.6 is 11.3 Å². The lowest BCUT2D eigenvalue weighted by molar-refractivity contribution is 0.0988. The zero-order chi connectivity index (χ0) is 20.8. The molecule has 1 aromatic carbocycles. The molecular weight excluding hydrogens is 398 g/mol. The highest BCUT2D eigenvalue weighted by Gasteiger charge is 2.28. The van der Waals surface area contributed by atoms with Crippen LogP contribution in [0.1, 0.15) is 32.9 Å². The molecule has 0 fully saturated rings. The fourth-order valence-corrected chi connectivity index (χ4v) is 5.27. The summed E-state index contributed by atoms with van der Waals surface area (Å²) in [5.74, 6) is 2.00. The number of carbonyl (C=O) groups excluding carboxylic acids is 1. The van der Waals surface area contributed by atoms with Crippen LogP contribution in [-0.2, 0) is 6.42 Å². The van der Waals surface area contributed by atoms with Gasteiger partial charge in [-0.15, -0.1) is 11.3 Å². The number of carbonyl (C=O) groups is 1. The van der Waals surface area contributed by atoms with Gasteiger partial charge in [0.15, 0.2) is 11.6 Å². The van der Waals surface area contributed by atoms with Gasteiger partial charge in [0, 0.05) is 17.6 Å². The Morgan fingerprint density at radius 1 is 1.23 bits per heavy atom. The topological polar surface area (TPSA) is 68.5 Å². The molecule has 5 rings (SSSR count). The first kappa shape index (κ1) is 18.8. The number of thiophene rings is 1. The second kappa shape index (κ2) is 7.25. The van der Waals surface area contributed by atoms with Crippen molar-refractivity contribution < 1.29 is 13.9 Å². The summed E-state index contributed by atoms with van der Waals surface area (Å²) in [4.78, 5) is 26.3. The van der Waals surface area contributed by atoms with E-state index in [-0.39, 0.29) is 5.91 Å². The van der Waals surface area contributed by atoms with Gasteiger partial charge in [-0.2, -0.15) is 0 Å². The van der Waals surface area contributed by atoms with Crippen molar-refractivity contribution in [1.82, 2.24) is 9.97 Å². The Bertz CT molecular complexity index is 1260. The van der Waals surface area contributed by atoms with E-state index < -0.39 is 0 Å². The molecule has 7 heteroatoms. The zero-order valence-corrected chi connectivity index (χ0v) is 17.9. The molecule has 3 aromatic heterocycles. The molecule has 1 aliphatic rings. The first-order valence-electron chi connectivity index (χ1n) is 9.87. The summed E-state index contributed by atoms with van der Waals surface area (Å²) < 4.78 is 10.8. The zero-order valence-electron chi connectivity index (χ0n) is 17.1. The molecule has 0 spiro atoms. The Balaban J connectivity index is 1.58. The van der Waals surface area contributed by atoms with Crippen molar-refractivity contribution in [2.24, 2.45) is 0 Å². The van der Waals surface area contributed by atoms with Gasteiger partial charge >= 0.3 is 0 Å². The Kier molecular flexibility index (Phi) is 4.55. The Morgan fingerprint density at radius 3 is 2.87 bits per heavy atom. The Labute approximate surface area is 178 Å². The molecule has 4 heterocycles. The van der Waals surface area contributed by atoms with Crippen LogP contribution in [0.25, 0.3) is 21.8 Å². The van der Waals surface area contributed by atoms with Crippen LogP contribution in [-0.4, -0.2) is 29.5 Å². The van der Waals surface area contributed by atoms with Crippen molar-refractivity contribution in [3.8, 4) is 17.3 Å². The summed E-state index contributed by atoms with van der Waals surface area (Å²) in [5.41, 5.74) is 3.89. The van der Waals surface area contributed by atoms with E-state index >= 15 is 0 Å². The molecule has 0 atom stereocenters. The number of ether oxygens (including phenoxy) is 1. The van der Waals surface area contributed by atoms with Gasteiger partial charge in [-0.05, 0) is 68.1 Å². The van der Waals surface area contributed by atoms with Crippen LogP contribution in [0.4, 0.5) is 5.69 Å². The summed E-state index contributed by atoms with van der Waals surface area (Å²) >= 11 is 1.42. The van der Waals surface area contributed by atoms with E-state index in [0.29, 0.717) is 23.0 Å². The molecule has 0 aliphatic carbocycles. The fourth-order valence-electron chi connectivity index (χ4n) is 4.09. The smallest absolute Gasteiger partial charge is 0.268 e. The molecule has 1 aliphatic heterocycles. The number of benzene rings is 1. The van der Waals surface area contributed by atoms with Crippen LogP contribution in [0.3, 0.4) is 0 Å². The monoisotopic (exact) mass is 419 g/mol. The molecule has 0 radical (unpaired) electrons. The van der Waals surface area contributed by atoms with Crippen molar-refractivity contribution in [1.29, 1.82) is 0 Å². The lowest BCUT2D eigenvalue weighted by atomic mass is 10.0. The highest BCUT2D eigenvalue weighted by atomic mass is 32.1. The third-order valence-corrected chi connectivity index (χ3v) is 6.73. The number of hydrogen-bond donors (Lipinski definition) is 0. The molecule has 0 bridgehead atoms. The maximum atomic E-state index is 13.6. The summed E-state index contributed by atoms with van der Waals surface area (Å²) in [7, 11) is 1.66. The minimum Gasteiger partial charge on any atom is -0.497 e. The summed E-state index contributed by atoms with van der Waals surface area (Å²) in [5, 5.41) is 0.950. The van der Waals surface area contributed by atoms with Gasteiger partial charge in [-0.1, -0.05) is 0 Å². The van der Waals surface area contributed by atoms with Crippen molar-refractivity contribution in [2.45, 2.75) is 26.7 Å². The van der Waals surface area contributed by atoms with Crippen LogP contribution in [0, 0.1) is 13.8 Å². The summed E-state index contributed by atoms with van der Waals surface area (Å²) in [6.07, 6.45) is 3.48. The van der Waals surface area contributed by atoms with Gasteiger partial charge in [0.2, 0.25) is 0 Å². The number of rotatable bonds is 3. The molecular formula is C23H21N3O3S. The van der Waals surface area contributed by atoms with Gasteiger partial charge in [0.05, 0.1) is 23.9 Å². The van der Waals surface area contributed by atoms with Gasteiger partial charge in [0.25, 0.3) is 5.91 Å². The van der Waals surface area contributed by atoms with Crippen molar-refractivity contribution >= 4 is 33.1 Å². The van der Waals surface area contributed by atoms with Crippen LogP contribution in [0.5, 0.6) is 5.75 Å². The number of anilines is 1. The van der Waals surface area contributed by atoms with Crippen molar-refractivity contribution in [3.05, 3.63) is 58.3 Å². The molecule has 6 nitrogen and oxygen atoms in total. The fraction of sp³-hybridized carbons (Fsp3) is 0.261. The van der Waals surface area contributed by atoms with E-state index in [1.807, 2.05) is 49.1 Å². The number of aryl methyl sites for hydroxylation is 3. The van der Waals surface area contributed by atoms with E-state index in [4.69, 9.17) is 9.15 Å². The lowest BCUT2D eigenvalue weighted by Gasteiger charge is -2.29. The molecule has 0 unspecified atom stereocenters. The van der Waals surface area contributed by atoms with Gasteiger partial charge in [-0.25, -0.2) is 9.97 Å². The van der Waals surface area contributed by atoms with Gasteiger partial charge in [0.1, 0.15) is 10.6 Å². The van der Waals surface area contributed by atoms with Crippen molar-refractivity contribution in [3.63, 3.8) is 0 Å². The highest BCUT2D eigenvalue weighted by molar-refractivity contribution is 7.20. The minimum atomic E-state index is 0.0144. The third kappa shape index (κ3) is 2.97. The number of amides is 1. The van der Waals surface area contributed by atoms with E-state index in [0.717, 1.165) is 51.3 Å². The molecule has 4 aromatic rings. The lowest BCUT2D eigenvalue weighted by Crippen LogP contribution is -2.35. The standard InChI is InChI=1S/C23H21N3O3S/c1-13-19-14(2)24-21(18-7-5-11-29-18)25-22(19)30-20(13)23(27)26-10-4-6-15-12-16(28-3)8-9-17(15)26/h5,7-9,11-12H,4,6,10H2,1-3H3. The maximum Gasteiger partial charge on any atom is 0.268 e. The highest BCUT2D eigenvalue weighted by Crippen LogP contribution is 2.37. The van der Waals surface area contributed by atoms with Crippen LogP contribution < -0.4 is 9.64 Å². The first-order chi connectivity index (χ1) is 14.6. The quantitative estimate of drug-likeness (QED) is 0.458. The average Bonchev–Trinajstić information content (AvgIpc) is 3.41. The number of aromatic nitrogens is 2. The van der Waals surface area contributed by atoms with Gasteiger partial charge < -0.3 is 14.1 Å². The molecule has 0 N–H and O–H groups in total. The number of methoxy groups -OCH3 is 1. The predicted molar refractivity (Wildman–Crippen MR) is 118 cm³/mol. The number of furan rings is 1. The third-order valence-electron chi connectivity index (χ3n) is 5.56. The summed E-state index contributed by atoms with van der Waals surface area (Å²) in [6.45, 7) is 4.63. The maximum absolute atomic E-state index is 13.6. The van der Waals surface area contributed by atoms with E-state index in [2.05, 4.69) is 9.97 Å². The van der Waals surface area contributed by atoms with Crippen LogP contribution in [0.15, 0.2) is 41.0 Å². The molecule has 30 heavy (non-hydrogen) atoms. The Morgan fingerprint density at radius 2 is 2.10 bits per heavy atom. The molecule has 0 saturated heterocycles. The van der Waals surface area contributed by atoms with Crippen molar-refractivity contribution in [2.75, 3.05) is 18.6 Å². The normalized spacial score (nSPS) is 13.5. The molecule has 152 valence electrons.